The van der Waals surface area contributed by atoms with Crippen molar-refractivity contribution in [1.82, 2.24) is 15.0 Å². The minimum atomic E-state index is -0.838. The van der Waals surface area contributed by atoms with Gasteiger partial charge in [-0.05, 0) is 28.8 Å². The average Bonchev–Trinajstić information content (AvgIpc) is 2.97. The first-order valence-electron chi connectivity index (χ1n) is 12.4. The van der Waals surface area contributed by atoms with Crippen LogP contribution in [0, 0.1) is 11.6 Å². The van der Waals surface area contributed by atoms with E-state index in [0.29, 0.717) is 17.0 Å². The molecule has 40 heavy (non-hydrogen) atoms. The molecule has 2 aromatic heterocycles. The molecule has 0 spiro atoms. The van der Waals surface area contributed by atoms with Gasteiger partial charge in [0.1, 0.15) is 23.8 Å². The fraction of sp³-hybridized carbons (Fsp3) is 0.0645. The van der Waals surface area contributed by atoms with Gasteiger partial charge in [0.25, 0.3) is 11.5 Å². The molecular weight excluding hydrogens is 514 g/mol. The molecule has 0 bridgehead atoms. The zero-order valence-electron chi connectivity index (χ0n) is 21.2. The first kappa shape index (κ1) is 26.3. The number of amides is 1. The van der Waals surface area contributed by atoms with Gasteiger partial charge in [-0.25, -0.2) is 13.8 Å². The molecule has 0 radical (unpaired) electrons. The van der Waals surface area contributed by atoms with E-state index in [2.05, 4.69) is 10.3 Å². The molecule has 200 valence electrons. The molecule has 9 heteroatoms. The van der Waals surface area contributed by atoms with Crippen LogP contribution in [0.15, 0.2) is 95.9 Å². The second-order valence-electron chi connectivity index (χ2n) is 8.95. The number of nitrogens with one attached hydrogen (secondary N) is 1. The lowest BCUT2D eigenvalue weighted by molar-refractivity contribution is 0.0898. The molecule has 5 rings (SSSR count). The Bertz CT molecular complexity index is 1770. The van der Waals surface area contributed by atoms with Crippen molar-refractivity contribution < 1.29 is 18.4 Å². The second-order valence-corrected chi connectivity index (χ2v) is 8.95. The lowest BCUT2D eigenvalue weighted by Crippen LogP contribution is -2.37. The Hall–Kier alpha value is -5.31. The number of nitrogen functional groups attached to an aromatic ring is 1. The highest BCUT2D eigenvalue weighted by Gasteiger charge is 2.23. The molecule has 5 aromatic rings. The summed E-state index contributed by atoms with van der Waals surface area (Å²) in [5.41, 5.74) is 7.70. The fourth-order valence-corrected chi connectivity index (χ4v) is 4.11. The van der Waals surface area contributed by atoms with Crippen molar-refractivity contribution in [1.29, 1.82) is 0 Å². The maximum Gasteiger partial charge on any atom is 0.300 e. The van der Waals surface area contributed by atoms with E-state index in [1.165, 1.54) is 6.07 Å². The van der Waals surface area contributed by atoms with Crippen LogP contribution in [-0.4, -0.2) is 15.6 Å². The van der Waals surface area contributed by atoms with Crippen LogP contribution in [-0.2, 0) is 13.2 Å². The number of nitrogens with zero attached hydrogens (tertiary/aromatic N) is 2. The number of nitrogens with two attached hydrogens (primary N) is 1. The van der Waals surface area contributed by atoms with E-state index >= 15 is 0 Å². The lowest BCUT2D eigenvalue weighted by Gasteiger charge is -2.16. The number of anilines is 1. The maximum atomic E-state index is 14.1. The summed E-state index contributed by atoms with van der Waals surface area (Å²) in [5.74, 6) is -2.40. The molecule has 0 aliphatic heterocycles. The first-order chi connectivity index (χ1) is 19.4. The fourth-order valence-electron chi connectivity index (χ4n) is 4.11. The molecule has 0 aliphatic rings. The van der Waals surface area contributed by atoms with E-state index < -0.39 is 23.1 Å². The summed E-state index contributed by atoms with van der Waals surface area (Å²) in [4.78, 5) is 37.0. The molecule has 7 nitrogen and oxygen atoms in total. The highest BCUT2D eigenvalue weighted by atomic mass is 19.1. The number of carbonyl (C=O) groups excluding carboxylic acids is 1. The van der Waals surface area contributed by atoms with Gasteiger partial charge >= 0.3 is 0 Å². The quantitative estimate of drug-likeness (QED) is 0.290. The van der Waals surface area contributed by atoms with Gasteiger partial charge in [0.05, 0.1) is 5.69 Å². The van der Waals surface area contributed by atoms with Gasteiger partial charge in [0.15, 0.2) is 5.65 Å². The first-order valence-corrected chi connectivity index (χ1v) is 12.4. The smallest absolute Gasteiger partial charge is 0.300 e. The molecule has 0 atom stereocenters. The summed E-state index contributed by atoms with van der Waals surface area (Å²) >= 11 is 0. The van der Waals surface area contributed by atoms with Crippen LogP contribution in [0.3, 0.4) is 0 Å². The van der Waals surface area contributed by atoms with E-state index in [-0.39, 0.29) is 35.6 Å². The predicted octanol–water partition coefficient (Wildman–Crippen LogP) is 4.99. The van der Waals surface area contributed by atoms with Gasteiger partial charge in [0.2, 0.25) is 0 Å². The maximum absolute atomic E-state index is 14.1. The molecule has 2 heterocycles. The standard InChI is InChI=1S/C31H24F2N4O3/c32-24-14-13-23(26(33)16-24)18-36-30(38)27-28(34)25-15-22(12-11-20-7-3-1-4-8-20)17-35-29(25)37(31(27)39)40-19-21-9-5-2-6-10-21/h1-17H,18-19,34H2,(H,36,38)/b12-11+. The van der Waals surface area contributed by atoms with Crippen molar-refractivity contribution in [2.24, 2.45) is 0 Å². The molecule has 0 saturated heterocycles. The number of halogens is 2. The van der Waals surface area contributed by atoms with E-state index in [4.69, 9.17) is 10.6 Å². The summed E-state index contributed by atoms with van der Waals surface area (Å²) < 4.78 is 28.3. The normalized spacial score (nSPS) is 11.2. The van der Waals surface area contributed by atoms with Crippen LogP contribution in [0.25, 0.3) is 23.2 Å². The van der Waals surface area contributed by atoms with Crippen molar-refractivity contribution in [2.45, 2.75) is 13.2 Å². The Morgan fingerprint density at radius 3 is 2.38 bits per heavy atom. The Labute approximate surface area is 228 Å². The number of benzene rings is 3. The molecule has 0 fully saturated rings. The van der Waals surface area contributed by atoms with Crippen LogP contribution < -0.4 is 21.4 Å². The van der Waals surface area contributed by atoms with Crippen molar-refractivity contribution in [2.75, 3.05) is 5.73 Å². The van der Waals surface area contributed by atoms with E-state index in [1.807, 2.05) is 72.8 Å². The number of rotatable bonds is 8. The number of hydrogen-bond donors (Lipinski definition) is 2. The minimum Gasteiger partial charge on any atom is -0.404 e. The SMILES string of the molecule is Nc1c(C(=O)NCc2ccc(F)cc2F)c(=O)n(OCc2ccccc2)c2ncc(/C=C/c3ccccc3)cc12. The van der Waals surface area contributed by atoms with E-state index in [9.17, 15) is 18.4 Å². The highest BCUT2D eigenvalue weighted by Crippen LogP contribution is 2.23. The van der Waals surface area contributed by atoms with Crippen LogP contribution in [0.2, 0.25) is 0 Å². The highest BCUT2D eigenvalue weighted by molar-refractivity contribution is 6.06. The Kier molecular flexibility index (Phi) is 7.63. The molecule has 0 aliphatic carbocycles. The molecule has 0 saturated carbocycles. The second kappa shape index (κ2) is 11.6. The molecule has 3 aromatic carbocycles. The predicted molar refractivity (Wildman–Crippen MR) is 150 cm³/mol. The topological polar surface area (TPSA) is 99.2 Å². The summed E-state index contributed by atoms with van der Waals surface area (Å²) in [5, 5.41) is 2.82. The van der Waals surface area contributed by atoms with Crippen molar-refractivity contribution in [3.05, 3.63) is 141 Å². The van der Waals surface area contributed by atoms with Gasteiger partial charge in [-0.15, -0.1) is 4.73 Å². The Morgan fingerprint density at radius 1 is 0.950 bits per heavy atom. The van der Waals surface area contributed by atoms with Gasteiger partial charge < -0.3 is 15.9 Å². The summed E-state index contributed by atoms with van der Waals surface area (Å²) in [6.45, 7) is -0.260. The zero-order valence-corrected chi connectivity index (χ0v) is 21.2. The molecule has 0 unspecified atom stereocenters. The number of pyridine rings is 2. The number of hydrogen-bond acceptors (Lipinski definition) is 5. The van der Waals surface area contributed by atoms with Crippen LogP contribution >= 0.6 is 0 Å². The summed E-state index contributed by atoms with van der Waals surface area (Å²) in [6.07, 6.45) is 5.30. The third-order valence-corrected chi connectivity index (χ3v) is 6.19. The van der Waals surface area contributed by atoms with Crippen molar-refractivity contribution in [3.63, 3.8) is 0 Å². The Balaban J connectivity index is 1.54. The third-order valence-electron chi connectivity index (χ3n) is 6.19. The van der Waals surface area contributed by atoms with Gasteiger partial charge in [-0.2, -0.15) is 0 Å². The number of carbonyl (C=O) groups is 1. The molecule has 3 N–H and O–H groups in total. The lowest BCUT2D eigenvalue weighted by atomic mass is 10.1. The summed E-state index contributed by atoms with van der Waals surface area (Å²) in [6, 6.07) is 23.5. The van der Waals surface area contributed by atoms with Crippen LogP contribution in [0.1, 0.15) is 32.6 Å². The van der Waals surface area contributed by atoms with Crippen LogP contribution in [0.4, 0.5) is 14.5 Å². The van der Waals surface area contributed by atoms with E-state index in [1.54, 1.807) is 12.3 Å². The largest absolute Gasteiger partial charge is 0.404 e. The third kappa shape index (κ3) is 5.73. The minimum absolute atomic E-state index is 0.0267. The number of aromatic nitrogens is 2. The zero-order chi connectivity index (χ0) is 28.1. The van der Waals surface area contributed by atoms with Gasteiger partial charge in [-0.3, -0.25) is 9.59 Å². The Morgan fingerprint density at radius 2 is 1.65 bits per heavy atom. The monoisotopic (exact) mass is 538 g/mol. The van der Waals surface area contributed by atoms with Crippen molar-refractivity contribution in [3.8, 4) is 0 Å². The average molecular weight is 539 g/mol. The van der Waals surface area contributed by atoms with Gasteiger partial charge in [0, 0.05) is 29.8 Å². The van der Waals surface area contributed by atoms with Crippen molar-refractivity contribution >= 4 is 34.8 Å². The van der Waals surface area contributed by atoms with Crippen LogP contribution in [0.5, 0.6) is 0 Å². The summed E-state index contributed by atoms with van der Waals surface area (Å²) in [7, 11) is 0. The molecular formula is C31H24F2N4O3. The van der Waals surface area contributed by atoms with Gasteiger partial charge in [-0.1, -0.05) is 78.9 Å². The number of fused-ring (bicyclic) bond motifs is 1. The van der Waals surface area contributed by atoms with E-state index in [0.717, 1.165) is 21.9 Å². The molecule has 1 amide bonds.